The second-order valence-corrected chi connectivity index (χ2v) is 7.16. The van der Waals surface area contributed by atoms with E-state index in [1.807, 2.05) is 45.0 Å². The summed E-state index contributed by atoms with van der Waals surface area (Å²) in [5.74, 6) is 1.77. The summed E-state index contributed by atoms with van der Waals surface area (Å²) >= 11 is 0. The minimum Gasteiger partial charge on any atom is -0.444 e. The highest BCUT2D eigenvalue weighted by atomic mass is 16.6. The van der Waals surface area contributed by atoms with Crippen LogP contribution < -0.4 is 16.0 Å². The van der Waals surface area contributed by atoms with Crippen LogP contribution in [0.25, 0.3) is 0 Å². The van der Waals surface area contributed by atoms with E-state index in [4.69, 9.17) is 9.26 Å². The number of carbonyl (C=O) groups is 1. The molecule has 0 fully saturated rings. The van der Waals surface area contributed by atoms with Crippen LogP contribution in [0.2, 0.25) is 0 Å². The van der Waals surface area contributed by atoms with Crippen molar-refractivity contribution in [1.29, 1.82) is 0 Å². The van der Waals surface area contributed by atoms with Crippen LogP contribution in [-0.2, 0) is 17.7 Å². The number of nitrogens with zero attached hydrogens (tertiary/aromatic N) is 3. The minimum absolute atomic E-state index is 0.433. The van der Waals surface area contributed by atoms with E-state index < -0.39 is 11.7 Å². The fraction of sp³-hybridized carbons (Fsp3) is 0.474. The molecule has 0 atom stereocenters. The SMILES string of the molecule is CN=C(NCCc1ccc(NC(=O)OC(C)(C)C)cc1)NCc1noc(C)n1. The van der Waals surface area contributed by atoms with E-state index in [2.05, 4.69) is 31.1 Å². The number of hydrogen-bond acceptors (Lipinski definition) is 6. The lowest BCUT2D eigenvalue weighted by Gasteiger charge is -2.19. The zero-order valence-corrected chi connectivity index (χ0v) is 17.0. The fourth-order valence-electron chi connectivity index (χ4n) is 2.30. The molecule has 3 N–H and O–H groups in total. The molecule has 0 spiro atoms. The maximum atomic E-state index is 11.8. The van der Waals surface area contributed by atoms with Gasteiger partial charge in [-0.15, -0.1) is 0 Å². The molecule has 9 nitrogen and oxygen atoms in total. The predicted octanol–water partition coefficient (Wildman–Crippen LogP) is 2.63. The average molecular weight is 388 g/mol. The van der Waals surface area contributed by atoms with Crippen molar-refractivity contribution < 1.29 is 14.1 Å². The van der Waals surface area contributed by atoms with Crippen molar-refractivity contribution in [2.75, 3.05) is 18.9 Å². The van der Waals surface area contributed by atoms with Gasteiger partial charge in [0.15, 0.2) is 11.8 Å². The highest BCUT2D eigenvalue weighted by molar-refractivity contribution is 5.84. The van der Waals surface area contributed by atoms with Crippen LogP contribution in [-0.4, -0.2) is 41.4 Å². The fourth-order valence-corrected chi connectivity index (χ4v) is 2.30. The number of amides is 1. The van der Waals surface area contributed by atoms with Gasteiger partial charge in [0.05, 0.1) is 6.54 Å². The van der Waals surface area contributed by atoms with Gasteiger partial charge < -0.3 is 19.9 Å². The summed E-state index contributed by atoms with van der Waals surface area (Å²) in [7, 11) is 1.70. The smallest absolute Gasteiger partial charge is 0.412 e. The van der Waals surface area contributed by atoms with Crippen LogP contribution in [0, 0.1) is 6.92 Å². The molecule has 9 heteroatoms. The van der Waals surface area contributed by atoms with Gasteiger partial charge in [0.25, 0.3) is 0 Å². The zero-order valence-electron chi connectivity index (χ0n) is 17.0. The van der Waals surface area contributed by atoms with Gasteiger partial charge >= 0.3 is 6.09 Å². The van der Waals surface area contributed by atoms with Crippen molar-refractivity contribution in [3.05, 3.63) is 41.5 Å². The largest absolute Gasteiger partial charge is 0.444 e. The van der Waals surface area contributed by atoms with Gasteiger partial charge in [-0.25, -0.2) is 4.79 Å². The highest BCUT2D eigenvalue weighted by Crippen LogP contribution is 2.13. The lowest BCUT2D eigenvalue weighted by Crippen LogP contribution is -2.38. The maximum absolute atomic E-state index is 11.8. The van der Waals surface area contributed by atoms with Crippen LogP contribution in [0.3, 0.4) is 0 Å². The first-order chi connectivity index (χ1) is 13.2. The summed E-state index contributed by atoms with van der Waals surface area (Å²) in [4.78, 5) is 20.1. The highest BCUT2D eigenvalue weighted by Gasteiger charge is 2.16. The Bertz CT molecular complexity index is 793. The molecule has 0 saturated carbocycles. The Morgan fingerprint density at radius 3 is 2.50 bits per heavy atom. The Labute approximate surface area is 165 Å². The lowest BCUT2D eigenvalue weighted by molar-refractivity contribution is 0.0636. The number of anilines is 1. The Morgan fingerprint density at radius 2 is 1.93 bits per heavy atom. The summed E-state index contributed by atoms with van der Waals surface area (Å²) in [6, 6.07) is 7.63. The number of ether oxygens (including phenoxy) is 1. The first-order valence-corrected chi connectivity index (χ1v) is 9.08. The maximum Gasteiger partial charge on any atom is 0.412 e. The third kappa shape index (κ3) is 7.65. The van der Waals surface area contributed by atoms with Crippen LogP contribution in [0.15, 0.2) is 33.8 Å². The number of aryl methyl sites for hydroxylation is 1. The minimum atomic E-state index is -0.523. The molecule has 0 aliphatic heterocycles. The number of aliphatic imine (C=N–C) groups is 1. The molecule has 0 bridgehead atoms. The third-order valence-electron chi connectivity index (χ3n) is 3.51. The third-order valence-corrected chi connectivity index (χ3v) is 3.51. The van der Waals surface area contributed by atoms with Crippen molar-refractivity contribution in [3.63, 3.8) is 0 Å². The van der Waals surface area contributed by atoms with Crippen molar-refractivity contribution in [3.8, 4) is 0 Å². The molecule has 1 heterocycles. The van der Waals surface area contributed by atoms with E-state index in [0.29, 0.717) is 36.5 Å². The quantitative estimate of drug-likeness (QED) is 0.515. The van der Waals surface area contributed by atoms with Gasteiger partial charge in [0.2, 0.25) is 5.89 Å². The molecule has 2 rings (SSSR count). The Morgan fingerprint density at radius 1 is 1.21 bits per heavy atom. The molecule has 1 amide bonds. The zero-order chi connectivity index (χ0) is 20.6. The van der Waals surface area contributed by atoms with E-state index in [1.54, 1.807) is 14.0 Å². The van der Waals surface area contributed by atoms with Crippen molar-refractivity contribution in [1.82, 2.24) is 20.8 Å². The first-order valence-electron chi connectivity index (χ1n) is 9.08. The predicted molar refractivity (Wildman–Crippen MR) is 107 cm³/mol. The molecule has 28 heavy (non-hydrogen) atoms. The van der Waals surface area contributed by atoms with Gasteiger partial charge in [0.1, 0.15) is 5.60 Å². The molecular weight excluding hydrogens is 360 g/mol. The molecule has 0 aliphatic carbocycles. The number of rotatable bonds is 6. The molecule has 0 saturated heterocycles. The van der Waals surface area contributed by atoms with Crippen molar-refractivity contribution in [2.45, 2.75) is 46.3 Å². The number of carbonyl (C=O) groups excluding carboxylic acids is 1. The molecule has 0 unspecified atom stereocenters. The van der Waals surface area contributed by atoms with Crippen LogP contribution in [0.4, 0.5) is 10.5 Å². The molecule has 0 radical (unpaired) electrons. The van der Waals surface area contributed by atoms with Gasteiger partial charge in [-0.05, 0) is 44.9 Å². The second kappa shape index (κ2) is 9.72. The number of nitrogens with one attached hydrogen (secondary N) is 3. The normalized spacial score (nSPS) is 11.8. The summed E-state index contributed by atoms with van der Waals surface area (Å²) < 4.78 is 10.2. The molecule has 1 aromatic carbocycles. The van der Waals surface area contributed by atoms with Crippen LogP contribution in [0.1, 0.15) is 38.0 Å². The van der Waals surface area contributed by atoms with Crippen LogP contribution >= 0.6 is 0 Å². The van der Waals surface area contributed by atoms with E-state index in [-0.39, 0.29) is 0 Å². The number of hydrogen-bond donors (Lipinski definition) is 3. The molecule has 0 aliphatic rings. The molecule has 1 aromatic heterocycles. The molecule has 152 valence electrons. The Hall–Kier alpha value is -3.10. The standard InChI is InChI=1S/C19H28N6O3/c1-13-23-16(25-28-13)12-22-17(20-5)21-11-10-14-6-8-15(9-7-14)24-18(26)27-19(2,3)4/h6-9H,10-12H2,1-5H3,(H,24,26)(H2,20,21,22). The first kappa shape index (κ1) is 21.2. The number of aromatic nitrogens is 2. The lowest BCUT2D eigenvalue weighted by atomic mass is 10.1. The van der Waals surface area contributed by atoms with Gasteiger partial charge in [-0.2, -0.15) is 4.98 Å². The Kier molecular flexibility index (Phi) is 7.36. The van der Waals surface area contributed by atoms with E-state index >= 15 is 0 Å². The van der Waals surface area contributed by atoms with Gasteiger partial charge in [-0.1, -0.05) is 17.3 Å². The number of guanidine groups is 1. The van der Waals surface area contributed by atoms with Crippen LogP contribution in [0.5, 0.6) is 0 Å². The Balaban J connectivity index is 1.73. The number of benzene rings is 1. The van der Waals surface area contributed by atoms with E-state index in [9.17, 15) is 4.79 Å². The van der Waals surface area contributed by atoms with E-state index in [0.717, 1.165) is 12.0 Å². The van der Waals surface area contributed by atoms with Gasteiger partial charge in [0, 0.05) is 26.2 Å². The second-order valence-electron chi connectivity index (χ2n) is 7.16. The van der Waals surface area contributed by atoms with E-state index in [1.165, 1.54) is 0 Å². The topological polar surface area (TPSA) is 114 Å². The molecule has 2 aromatic rings. The molecular formula is C19H28N6O3. The monoisotopic (exact) mass is 388 g/mol. The summed E-state index contributed by atoms with van der Waals surface area (Å²) in [6.45, 7) is 8.36. The summed E-state index contributed by atoms with van der Waals surface area (Å²) in [5, 5.41) is 12.9. The average Bonchev–Trinajstić information content (AvgIpc) is 3.03. The van der Waals surface area contributed by atoms with Crippen molar-refractivity contribution >= 4 is 17.7 Å². The summed E-state index contributed by atoms with van der Waals surface area (Å²) in [5.41, 5.74) is 1.30. The van der Waals surface area contributed by atoms with Crippen molar-refractivity contribution in [2.24, 2.45) is 4.99 Å². The summed E-state index contributed by atoms with van der Waals surface area (Å²) in [6.07, 6.45) is 0.336. The van der Waals surface area contributed by atoms with Gasteiger partial charge in [-0.3, -0.25) is 10.3 Å².